The number of aromatic nitrogens is 4. The van der Waals surface area contributed by atoms with Gasteiger partial charge in [0.05, 0.1) is 23.0 Å². The van der Waals surface area contributed by atoms with Gasteiger partial charge in [-0.25, -0.2) is 4.98 Å². The van der Waals surface area contributed by atoms with Gasteiger partial charge in [0.2, 0.25) is 5.95 Å². The molecule has 0 fully saturated rings. The summed E-state index contributed by atoms with van der Waals surface area (Å²) in [7, 11) is 0. The van der Waals surface area contributed by atoms with Gasteiger partial charge in [-0.3, -0.25) is 9.48 Å². The Morgan fingerprint density at radius 3 is 2.67 bits per heavy atom. The molecule has 0 radical (unpaired) electrons. The number of hydrogen-bond donors (Lipinski definition) is 3. The van der Waals surface area contributed by atoms with Gasteiger partial charge in [-0.2, -0.15) is 10.1 Å². The van der Waals surface area contributed by atoms with Crippen LogP contribution in [0.3, 0.4) is 0 Å². The van der Waals surface area contributed by atoms with Crippen molar-refractivity contribution in [1.29, 1.82) is 0 Å². The zero-order valence-electron chi connectivity index (χ0n) is 15.9. The lowest BCUT2D eigenvalue weighted by atomic mass is 10.1. The third-order valence-electron chi connectivity index (χ3n) is 4.17. The van der Waals surface area contributed by atoms with Gasteiger partial charge >= 0.3 is 0 Å². The van der Waals surface area contributed by atoms with Crippen molar-refractivity contribution in [2.24, 2.45) is 5.73 Å². The Kier molecular flexibility index (Phi) is 5.25. The zero-order valence-corrected chi connectivity index (χ0v) is 15.9. The Bertz CT molecular complexity index is 880. The molecular formula is C19H25N7O. The summed E-state index contributed by atoms with van der Waals surface area (Å²) in [6.45, 7) is 6.77. The normalized spacial score (nSPS) is 13.7. The number of allylic oxidation sites excluding steroid dienone is 3. The number of hydrogen-bond acceptors (Lipinski definition) is 6. The van der Waals surface area contributed by atoms with Crippen molar-refractivity contribution in [3.63, 3.8) is 0 Å². The van der Waals surface area contributed by atoms with E-state index in [1.165, 1.54) is 11.8 Å². The molecule has 8 nitrogen and oxygen atoms in total. The fraction of sp³-hybridized carbons (Fsp3) is 0.368. The third-order valence-corrected chi connectivity index (χ3v) is 4.17. The molecule has 0 saturated carbocycles. The predicted octanol–water partition coefficient (Wildman–Crippen LogP) is 2.96. The molecule has 27 heavy (non-hydrogen) atoms. The first kappa shape index (κ1) is 18.6. The van der Waals surface area contributed by atoms with Gasteiger partial charge in [-0.05, 0) is 33.6 Å². The van der Waals surface area contributed by atoms with Gasteiger partial charge in [-0.15, -0.1) is 0 Å². The van der Waals surface area contributed by atoms with Crippen LogP contribution in [0.25, 0.3) is 0 Å². The van der Waals surface area contributed by atoms with E-state index < -0.39 is 5.91 Å². The molecule has 0 unspecified atom stereocenters. The summed E-state index contributed by atoms with van der Waals surface area (Å²) in [4.78, 5) is 20.3. The van der Waals surface area contributed by atoms with Crippen LogP contribution in [0, 0.1) is 0 Å². The molecule has 8 heteroatoms. The lowest BCUT2D eigenvalue weighted by Gasteiger charge is -2.18. The van der Waals surface area contributed by atoms with Crippen molar-refractivity contribution in [2.75, 3.05) is 17.2 Å². The molecule has 0 saturated heterocycles. The average molecular weight is 367 g/mol. The van der Waals surface area contributed by atoms with Crippen molar-refractivity contribution >= 4 is 23.4 Å². The zero-order chi connectivity index (χ0) is 19.4. The number of nitrogens with one attached hydrogen (secondary N) is 2. The summed E-state index contributed by atoms with van der Waals surface area (Å²) < 4.78 is 1.86. The van der Waals surface area contributed by atoms with Crippen LogP contribution < -0.4 is 16.4 Å². The van der Waals surface area contributed by atoms with Gasteiger partial charge in [-0.1, -0.05) is 23.8 Å². The van der Waals surface area contributed by atoms with Crippen LogP contribution in [-0.2, 0) is 5.54 Å². The first-order valence-corrected chi connectivity index (χ1v) is 8.89. The minimum atomic E-state index is -0.570. The molecule has 2 aromatic rings. The average Bonchev–Trinajstić information content (AvgIpc) is 3.26. The van der Waals surface area contributed by atoms with E-state index in [0.717, 1.165) is 18.5 Å². The molecule has 142 valence electrons. The minimum Gasteiger partial charge on any atom is -0.366 e. The second kappa shape index (κ2) is 7.61. The second-order valence-corrected chi connectivity index (χ2v) is 7.41. The van der Waals surface area contributed by atoms with Crippen molar-refractivity contribution in [2.45, 2.75) is 39.2 Å². The van der Waals surface area contributed by atoms with Crippen LogP contribution in [0.2, 0.25) is 0 Å². The molecule has 4 N–H and O–H groups in total. The molecule has 1 aliphatic rings. The maximum atomic E-state index is 11.7. The molecule has 0 bridgehead atoms. The van der Waals surface area contributed by atoms with E-state index in [0.29, 0.717) is 18.3 Å². The number of primary amides is 1. The van der Waals surface area contributed by atoms with E-state index in [9.17, 15) is 4.79 Å². The van der Waals surface area contributed by atoms with E-state index in [4.69, 9.17) is 5.73 Å². The Hall–Kier alpha value is -3.16. The first-order valence-electron chi connectivity index (χ1n) is 8.89. The van der Waals surface area contributed by atoms with E-state index in [2.05, 4.69) is 64.7 Å². The van der Waals surface area contributed by atoms with Crippen molar-refractivity contribution in [3.05, 3.63) is 48.0 Å². The molecule has 2 heterocycles. The van der Waals surface area contributed by atoms with Crippen LogP contribution in [0.1, 0.15) is 44.0 Å². The summed E-state index contributed by atoms with van der Waals surface area (Å²) in [6.07, 6.45) is 13.4. The Morgan fingerprint density at radius 2 is 2.04 bits per heavy atom. The highest BCUT2D eigenvalue weighted by Gasteiger charge is 2.15. The fourth-order valence-electron chi connectivity index (χ4n) is 2.65. The van der Waals surface area contributed by atoms with Crippen LogP contribution in [-0.4, -0.2) is 32.2 Å². The largest absolute Gasteiger partial charge is 0.366 e. The molecule has 2 aromatic heterocycles. The lowest BCUT2D eigenvalue weighted by molar-refractivity contribution is 0.100. The van der Waals surface area contributed by atoms with Gasteiger partial charge in [0.1, 0.15) is 5.82 Å². The van der Waals surface area contributed by atoms with E-state index in [1.807, 2.05) is 10.9 Å². The number of amides is 1. The number of carbonyl (C=O) groups excluding carboxylic acids is 1. The molecule has 3 rings (SSSR count). The molecular weight excluding hydrogens is 342 g/mol. The molecule has 0 aliphatic heterocycles. The highest BCUT2D eigenvalue weighted by atomic mass is 16.1. The van der Waals surface area contributed by atoms with Crippen molar-refractivity contribution in [1.82, 2.24) is 19.7 Å². The minimum absolute atomic E-state index is 0.119. The molecule has 1 amide bonds. The summed E-state index contributed by atoms with van der Waals surface area (Å²) >= 11 is 0. The molecule has 0 aromatic carbocycles. The molecule has 1 aliphatic carbocycles. The summed E-state index contributed by atoms with van der Waals surface area (Å²) in [5.41, 5.74) is 7.69. The number of anilines is 3. The van der Waals surface area contributed by atoms with Crippen molar-refractivity contribution < 1.29 is 4.79 Å². The maximum absolute atomic E-state index is 11.7. The number of nitrogens with two attached hydrogens (primary N) is 1. The Labute approximate surface area is 158 Å². The van der Waals surface area contributed by atoms with E-state index in [-0.39, 0.29) is 11.1 Å². The Balaban J connectivity index is 1.75. The van der Waals surface area contributed by atoms with Crippen molar-refractivity contribution in [3.8, 4) is 0 Å². The number of rotatable bonds is 6. The first-order chi connectivity index (χ1) is 12.8. The molecule has 0 atom stereocenters. The van der Waals surface area contributed by atoms with Crippen LogP contribution >= 0.6 is 0 Å². The van der Waals surface area contributed by atoms with Crippen LogP contribution in [0.15, 0.2) is 42.4 Å². The maximum Gasteiger partial charge on any atom is 0.254 e. The van der Waals surface area contributed by atoms with E-state index >= 15 is 0 Å². The SMILES string of the molecule is CC(C)(C)n1cc(Nc2ncc(C(N)=O)c(NCC=C3CC=CC3)n2)cn1. The topological polar surface area (TPSA) is 111 Å². The standard InChI is InChI=1S/C19H25N7O/c1-19(2,3)26-12-14(10-23-26)24-18-22-11-15(16(20)27)17(25-18)21-9-8-13-6-4-5-7-13/h4-5,8,10-12H,6-7,9H2,1-3H3,(H2,20,27)(H2,21,22,24,25). The third kappa shape index (κ3) is 4.72. The predicted molar refractivity (Wildman–Crippen MR) is 106 cm³/mol. The summed E-state index contributed by atoms with van der Waals surface area (Å²) in [5, 5.41) is 10.6. The Morgan fingerprint density at radius 1 is 1.30 bits per heavy atom. The summed E-state index contributed by atoms with van der Waals surface area (Å²) in [6, 6.07) is 0. The monoisotopic (exact) mass is 367 g/mol. The fourth-order valence-corrected chi connectivity index (χ4v) is 2.65. The second-order valence-electron chi connectivity index (χ2n) is 7.41. The molecule has 0 spiro atoms. The van der Waals surface area contributed by atoms with Gasteiger partial charge in [0.25, 0.3) is 5.91 Å². The lowest BCUT2D eigenvalue weighted by Crippen LogP contribution is -2.21. The van der Waals surface area contributed by atoms with Gasteiger partial charge in [0, 0.05) is 18.9 Å². The quantitative estimate of drug-likeness (QED) is 0.677. The highest BCUT2D eigenvalue weighted by Crippen LogP contribution is 2.20. The van der Waals surface area contributed by atoms with Gasteiger partial charge < -0.3 is 16.4 Å². The smallest absolute Gasteiger partial charge is 0.254 e. The summed E-state index contributed by atoms with van der Waals surface area (Å²) in [5.74, 6) is 0.206. The van der Waals surface area contributed by atoms with Crippen LogP contribution in [0.4, 0.5) is 17.5 Å². The van der Waals surface area contributed by atoms with Crippen LogP contribution in [0.5, 0.6) is 0 Å². The highest BCUT2D eigenvalue weighted by molar-refractivity contribution is 5.97. The van der Waals surface area contributed by atoms with E-state index in [1.54, 1.807) is 6.20 Å². The number of carbonyl (C=O) groups is 1. The van der Waals surface area contributed by atoms with Gasteiger partial charge in [0.15, 0.2) is 0 Å². The number of nitrogens with zero attached hydrogens (tertiary/aromatic N) is 4.